The summed E-state index contributed by atoms with van der Waals surface area (Å²) in [5.74, 6) is 1.79. The molecule has 1 aliphatic carbocycles. The van der Waals surface area contributed by atoms with Crippen LogP contribution in [0.1, 0.15) is 31.2 Å². The predicted molar refractivity (Wildman–Crippen MR) is 113 cm³/mol. The van der Waals surface area contributed by atoms with E-state index in [0.717, 1.165) is 28.3 Å². The fraction of sp³-hybridized carbons (Fsp3) is 0.304. The third kappa shape index (κ3) is 3.35. The van der Waals surface area contributed by atoms with Crippen LogP contribution < -0.4 is 19.5 Å². The summed E-state index contributed by atoms with van der Waals surface area (Å²) < 4.78 is 16.4. The zero-order chi connectivity index (χ0) is 20.5. The number of fused-ring (bicyclic) bond motifs is 2. The number of nitrogens with zero attached hydrogens (tertiary/aromatic N) is 1. The van der Waals surface area contributed by atoms with Crippen LogP contribution in [0.3, 0.4) is 0 Å². The van der Waals surface area contributed by atoms with Crippen molar-refractivity contribution in [2.75, 3.05) is 26.6 Å². The Hall–Kier alpha value is -3.28. The number of carbonyl (C=O) groups is 1. The summed E-state index contributed by atoms with van der Waals surface area (Å²) in [6.07, 6.45) is 1.06. The van der Waals surface area contributed by atoms with Gasteiger partial charge in [-0.1, -0.05) is 12.1 Å². The van der Waals surface area contributed by atoms with Crippen LogP contribution >= 0.6 is 0 Å². The maximum Gasteiger partial charge on any atom is 0.203 e. The molecule has 1 fully saturated rings. The number of hydrogen-bond donors (Lipinski definition) is 1. The Morgan fingerprint density at radius 1 is 1.00 bits per heavy atom. The van der Waals surface area contributed by atoms with Gasteiger partial charge >= 0.3 is 0 Å². The highest BCUT2D eigenvalue weighted by molar-refractivity contribution is 6.26. The lowest BCUT2D eigenvalue weighted by atomic mass is 9.78. The number of hydrogen-bond acceptors (Lipinski definition) is 6. The van der Waals surface area contributed by atoms with E-state index < -0.39 is 0 Å². The van der Waals surface area contributed by atoms with Crippen LogP contribution in [0.4, 0.5) is 11.4 Å². The minimum atomic E-state index is -0.0169. The lowest BCUT2D eigenvalue weighted by molar-refractivity contribution is -0.115. The van der Waals surface area contributed by atoms with Crippen molar-refractivity contribution in [1.82, 2.24) is 0 Å². The number of aliphatic imine (C=N–C) groups is 1. The number of ether oxygens (including phenoxy) is 3. The van der Waals surface area contributed by atoms with Crippen molar-refractivity contribution in [3.05, 3.63) is 53.2 Å². The van der Waals surface area contributed by atoms with Gasteiger partial charge in [-0.25, -0.2) is 0 Å². The maximum atomic E-state index is 13.1. The van der Waals surface area contributed by atoms with Gasteiger partial charge in [0.25, 0.3) is 0 Å². The van der Waals surface area contributed by atoms with Crippen molar-refractivity contribution in [2.45, 2.75) is 25.7 Å². The second kappa shape index (κ2) is 7.62. The first-order valence-corrected chi connectivity index (χ1v) is 9.53. The van der Waals surface area contributed by atoms with E-state index in [0.29, 0.717) is 35.7 Å². The molecule has 150 valence electrons. The summed E-state index contributed by atoms with van der Waals surface area (Å²) >= 11 is 0. The van der Waals surface area contributed by atoms with Gasteiger partial charge < -0.3 is 19.5 Å². The highest BCUT2D eigenvalue weighted by atomic mass is 16.5. The van der Waals surface area contributed by atoms with Gasteiger partial charge in [0.15, 0.2) is 17.3 Å². The molecule has 0 saturated heterocycles. The van der Waals surface area contributed by atoms with Gasteiger partial charge in [0.2, 0.25) is 5.75 Å². The van der Waals surface area contributed by atoms with Crippen LogP contribution in [0.2, 0.25) is 0 Å². The first kappa shape index (κ1) is 19.1. The molecule has 6 nitrogen and oxygen atoms in total. The van der Waals surface area contributed by atoms with Crippen LogP contribution in [0.25, 0.3) is 0 Å². The fourth-order valence-corrected chi connectivity index (χ4v) is 4.08. The Morgan fingerprint density at radius 2 is 1.69 bits per heavy atom. The van der Waals surface area contributed by atoms with Crippen LogP contribution in [0, 0.1) is 0 Å². The molecule has 1 heterocycles. The Morgan fingerprint density at radius 3 is 2.34 bits per heavy atom. The Labute approximate surface area is 170 Å². The van der Waals surface area contributed by atoms with E-state index in [9.17, 15) is 4.79 Å². The molecular weight excluding hydrogens is 368 g/mol. The molecule has 6 heteroatoms. The molecule has 1 N–H and O–H groups in total. The number of rotatable bonds is 4. The molecule has 2 aromatic rings. The van der Waals surface area contributed by atoms with Crippen LogP contribution in [0.15, 0.2) is 52.7 Å². The van der Waals surface area contributed by atoms with Gasteiger partial charge in [-0.2, -0.15) is 0 Å². The zero-order valence-corrected chi connectivity index (χ0v) is 17.0. The maximum absolute atomic E-state index is 13.1. The van der Waals surface area contributed by atoms with E-state index in [1.807, 2.05) is 43.3 Å². The second-order valence-corrected chi connectivity index (χ2v) is 7.19. The first-order chi connectivity index (χ1) is 14.0. The van der Waals surface area contributed by atoms with Crippen molar-refractivity contribution in [2.24, 2.45) is 4.99 Å². The summed E-state index contributed by atoms with van der Waals surface area (Å²) in [6, 6.07) is 11.7. The van der Waals surface area contributed by atoms with E-state index in [1.54, 1.807) is 21.3 Å². The monoisotopic (exact) mass is 392 g/mol. The highest BCUT2D eigenvalue weighted by Gasteiger charge is 2.33. The van der Waals surface area contributed by atoms with E-state index in [4.69, 9.17) is 19.2 Å². The van der Waals surface area contributed by atoms with Gasteiger partial charge in [-0.15, -0.1) is 0 Å². The molecule has 1 atom stereocenters. The van der Waals surface area contributed by atoms with E-state index in [-0.39, 0.29) is 11.7 Å². The van der Waals surface area contributed by atoms with Gasteiger partial charge in [0.05, 0.1) is 44.0 Å². The molecule has 2 aliphatic rings. The number of allylic oxidation sites excluding steroid dienone is 2. The van der Waals surface area contributed by atoms with E-state index in [2.05, 4.69) is 5.32 Å². The minimum absolute atomic E-state index is 0.0169. The van der Waals surface area contributed by atoms with Crippen LogP contribution in [0.5, 0.6) is 17.2 Å². The summed E-state index contributed by atoms with van der Waals surface area (Å²) in [5, 5.41) is 3.35. The summed E-state index contributed by atoms with van der Waals surface area (Å²) in [4.78, 5) is 17.9. The van der Waals surface area contributed by atoms with Crippen LogP contribution in [-0.4, -0.2) is 32.8 Å². The molecule has 0 unspecified atom stereocenters. The molecular formula is C23H24N2O4. The number of para-hydroxylation sites is 2. The summed E-state index contributed by atoms with van der Waals surface area (Å²) in [7, 11) is 4.76. The van der Waals surface area contributed by atoms with Gasteiger partial charge in [-0.3, -0.25) is 9.79 Å². The Balaban J connectivity index is 1.77. The molecule has 2 aromatic carbocycles. The highest BCUT2D eigenvalue weighted by Crippen LogP contribution is 2.44. The number of nitrogens with one attached hydrogen (secondary N) is 1. The summed E-state index contributed by atoms with van der Waals surface area (Å²) in [6.45, 7) is 1.94. The number of anilines is 1. The summed E-state index contributed by atoms with van der Waals surface area (Å²) in [5.41, 5.74) is 5.09. The molecule has 4 rings (SSSR count). The van der Waals surface area contributed by atoms with Crippen molar-refractivity contribution < 1.29 is 19.0 Å². The van der Waals surface area contributed by atoms with Crippen molar-refractivity contribution in [3.8, 4) is 17.2 Å². The third-order valence-electron chi connectivity index (χ3n) is 5.45. The topological polar surface area (TPSA) is 69.2 Å². The lowest BCUT2D eigenvalue weighted by Crippen LogP contribution is -2.26. The molecule has 29 heavy (non-hydrogen) atoms. The zero-order valence-electron chi connectivity index (χ0n) is 17.0. The van der Waals surface area contributed by atoms with Crippen LogP contribution in [-0.2, 0) is 4.79 Å². The number of carbonyl (C=O) groups excluding carboxylic acids is 1. The van der Waals surface area contributed by atoms with Gasteiger partial charge in [0.1, 0.15) is 0 Å². The fourth-order valence-electron chi connectivity index (χ4n) is 4.08. The number of benzene rings is 2. The lowest BCUT2D eigenvalue weighted by Gasteiger charge is -2.26. The molecule has 0 spiro atoms. The average Bonchev–Trinajstić information content (AvgIpc) is 2.87. The van der Waals surface area contributed by atoms with E-state index in [1.165, 1.54) is 0 Å². The predicted octanol–water partition coefficient (Wildman–Crippen LogP) is 4.63. The van der Waals surface area contributed by atoms with Crippen molar-refractivity contribution >= 4 is 22.9 Å². The molecule has 1 saturated carbocycles. The Bertz CT molecular complexity index is 1010. The molecule has 0 amide bonds. The SMILES string of the molecule is COc1cc([C@H]2CC(=O)C3=C(C)Nc4ccccc4N=C3C2)cc(OC)c1OC. The molecule has 1 aliphatic heterocycles. The first-order valence-electron chi connectivity index (χ1n) is 9.53. The third-order valence-corrected chi connectivity index (χ3v) is 5.45. The molecule has 0 bridgehead atoms. The quantitative estimate of drug-likeness (QED) is 0.821. The van der Waals surface area contributed by atoms with Crippen molar-refractivity contribution in [3.63, 3.8) is 0 Å². The number of Topliss-reactive ketones (excluding diaryl/α,β-unsaturated/α-hetero) is 1. The Kier molecular flexibility index (Phi) is 5.01. The van der Waals surface area contributed by atoms with Gasteiger partial charge in [-0.05, 0) is 49.1 Å². The molecule has 0 aromatic heterocycles. The normalized spacial score (nSPS) is 18.1. The largest absolute Gasteiger partial charge is 0.493 e. The average molecular weight is 392 g/mol. The van der Waals surface area contributed by atoms with Gasteiger partial charge in [0, 0.05) is 12.1 Å². The minimum Gasteiger partial charge on any atom is -0.493 e. The number of ketones is 1. The smallest absolute Gasteiger partial charge is 0.203 e. The molecule has 0 radical (unpaired) electrons. The van der Waals surface area contributed by atoms with Crippen molar-refractivity contribution in [1.29, 1.82) is 0 Å². The number of methoxy groups -OCH3 is 3. The second-order valence-electron chi connectivity index (χ2n) is 7.19. The van der Waals surface area contributed by atoms with E-state index >= 15 is 0 Å². The standard InChI is InChI=1S/C23H24N2O4/c1-13-22-18(25-17-8-6-5-7-16(17)24-13)9-14(10-19(22)26)15-11-20(27-2)23(29-4)21(12-15)28-3/h5-8,11-12,14,24H,9-10H2,1-4H3/t14-/m1/s1.